The van der Waals surface area contributed by atoms with Crippen LogP contribution in [0.4, 0.5) is 4.39 Å². The van der Waals surface area contributed by atoms with Crippen molar-refractivity contribution in [2.45, 2.75) is 13.8 Å². The van der Waals surface area contributed by atoms with Crippen LogP contribution in [-0.4, -0.2) is 4.57 Å². The smallest absolute Gasteiger partial charge is 0.148 e. The summed E-state index contributed by atoms with van der Waals surface area (Å²) in [5.41, 5.74) is 2.67. The zero-order valence-corrected chi connectivity index (χ0v) is 10.2. The monoisotopic (exact) mass is 267 g/mol. The minimum absolute atomic E-state index is 0.216. The highest BCUT2D eigenvalue weighted by atomic mass is 79.9. The third-order valence-corrected chi connectivity index (χ3v) is 2.92. The van der Waals surface area contributed by atoms with Crippen molar-refractivity contribution in [1.82, 2.24) is 4.57 Å². The standard InChI is InChI=1S/C12H11BrFN/c1-8-3-4-9(2)15(8)12-6-5-10(13)7-11(12)14/h3-7H,1-2H3. The highest BCUT2D eigenvalue weighted by Gasteiger charge is 2.08. The van der Waals surface area contributed by atoms with E-state index < -0.39 is 0 Å². The van der Waals surface area contributed by atoms with Crippen LogP contribution >= 0.6 is 15.9 Å². The average Bonchev–Trinajstić information content (AvgIpc) is 2.48. The Hall–Kier alpha value is -1.09. The molecular weight excluding hydrogens is 257 g/mol. The van der Waals surface area contributed by atoms with E-state index in [2.05, 4.69) is 15.9 Å². The molecular formula is C12H11BrFN. The first-order valence-electron chi connectivity index (χ1n) is 4.70. The number of rotatable bonds is 1. The minimum atomic E-state index is -0.216. The van der Waals surface area contributed by atoms with Crippen molar-refractivity contribution in [3.63, 3.8) is 0 Å². The molecule has 3 heteroatoms. The second kappa shape index (κ2) is 3.81. The predicted molar refractivity (Wildman–Crippen MR) is 62.9 cm³/mol. The van der Waals surface area contributed by atoms with Gasteiger partial charge in [-0.2, -0.15) is 0 Å². The van der Waals surface area contributed by atoms with Crippen LogP contribution in [0.15, 0.2) is 34.8 Å². The van der Waals surface area contributed by atoms with Crippen LogP contribution in [0.3, 0.4) is 0 Å². The highest BCUT2D eigenvalue weighted by Crippen LogP contribution is 2.22. The Bertz CT molecular complexity index is 483. The normalized spacial score (nSPS) is 10.7. The van der Waals surface area contributed by atoms with Crippen molar-refractivity contribution in [3.05, 3.63) is 52.0 Å². The second-order valence-corrected chi connectivity index (χ2v) is 4.46. The van der Waals surface area contributed by atoms with Crippen molar-refractivity contribution < 1.29 is 4.39 Å². The summed E-state index contributed by atoms with van der Waals surface area (Å²) in [6.45, 7) is 3.93. The van der Waals surface area contributed by atoms with Crippen LogP contribution < -0.4 is 0 Å². The number of hydrogen-bond acceptors (Lipinski definition) is 0. The molecule has 1 aromatic heterocycles. The highest BCUT2D eigenvalue weighted by molar-refractivity contribution is 9.10. The molecule has 0 bridgehead atoms. The van der Waals surface area contributed by atoms with Crippen LogP contribution in [-0.2, 0) is 0 Å². The SMILES string of the molecule is Cc1ccc(C)n1-c1ccc(Br)cc1F. The van der Waals surface area contributed by atoms with E-state index in [1.807, 2.05) is 36.6 Å². The maximum Gasteiger partial charge on any atom is 0.148 e. The molecule has 2 aromatic rings. The van der Waals surface area contributed by atoms with E-state index in [0.717, 1.165) is 15.9 Å². The van der Waals surface area contributed by atoms with Gasteiger partial charge in [-0.25, -0.2) is 4.39 Å². The van der Waals surface area contributed by atoms with Gasteiger partial charge in [-0.05, 0) is 44.2 Å². The summed E-state index contributed by atoms with van der Waals surface area (Å²) < 4.78 is 16.4. The summed E-state index contributed by atoms with van der Waals surface area (Å²) in [6, 6.07) is 9.07. The molecule has 0 fully saturated rings. The Kier molecular flexibility index (Phi) is 2.65. The van der Waals surface area contributed by atoms with Crippen molar-refractivity contribution in [2.75, 3.05) is 0 Å². The molecule has 1 nitrogen and oxygen atoms in total. The topological polar surface area (TPSA) is 4.93 Å². The lowest BCUT2D eigenvalue weighted by Gasteiger charge is -2.10. The number of aromatic nitrogens is 1. The molecule has 0 amide bonds. The lowest BCUT2D eigenvalue weighted by Crippen LogP contribution is -2.01. The quantitative estimate of drug-likeness (QED) is 0.736. The number of nitrogens with zero attached hydrogens (tertiary/aromatic N) is 1. The van der Waals surface area contributed by atoms with Gasteiger partial charge in [0.15, 0.2) is 0 Å². The van der Waals surface area contributed by atoms with Gasteiger partial charge >= 0.3 is 0 Å². The van der Waals surface area contributed by atoms with Gasteiger partial charge in [-0.15, -0.1) is 0 Å². The van der Waals surface area contributed by atoms with Gasteiger partial charge in [0.2, 0.25) is 0 Å². The van der Waals surface area contributed by atoms with E-state index in [1.165, 1.54) is 6.07 Å². The van der Waals surface area contributed by atoms with Crippen LogP contribution in [0.2, 0.25) is 0 Å². The molecule has 78 valence electrons. The van der Waals surface area contributed by atoms with Gasteiger partial charge in [-0.1, -0.05) is 15.9 Å². The molecule has 0 aliphatic carbocycles. The molecule has 0 spiro atoms. The van der Waals surface area contributed by atoms with E-state index >= 15 is 0 Å². The van der Waals surface area contributed by atoms with Gasteiger partial charge in [0, 0.05) is 15.9 Å². The second-order valence-electron chi connectivity index (χ2n) is 3.55. The molecule has 0 saturated heterocycles. The Morgan fingerprint density at radius 1 is 1.07 bits per heavy atom. The fourth-order valence-electron chi connectivity index (χ4n) is 1.71. The van der Waals surface area contributed by atoms with E-state index in [9.17, 15) is 4.39 Å². The third kappa shape index (κ3) is 1.84. The molecule has 0 aliphatic rings. The van der Waals surface area contributed by atoms with Crippen molar-refractivity contribution >= 4 is 15.9 Å². The third-order valence-electron chi connectivity index (χ3n) is 2.42. The molecule has 0 radical (unpaired) electrons. The van der Waals surface area contributed by atoms with E-state index in [1.54, 1.807) is 6.07 Å². The fraction of sp³-hybridized carbons (Fsp3) is 0.167. The maximum atomic E-state index is 13.7. The first kappa shape index (κ1) is 10.4. The van der Waals surface area contributed by atoms with Gasteiger partial charge in [0.1, 0.15) is 5.82 Å². The van der Waals surface area contributed by atoms with Crippen molar-refractivity contribution in [3.8, 4) is 5.69 Å². The van der Waals surface area contributed by atoms with Gasteiger partial charge in [0.05, 0.1) is 5.69 Å². The zero-order chi connectivity index (χ0) is 11.0. The van der Waals surface area contributed by atoms with E-state index in [0.29, 0.717) is 5.69 Å². The number of aryl methyl sites for hydroxylation is 2. The lowest BCUT2D eigenvalue weighted by atomic mass is 10.3. The molecule has 0 saturated carbocycles. The van der Waals surface area contributed by atoms with Crippen LogP contribution in [0.5, 0.6) is 0 Å². The Balaban J connectivity index is 2.64. The molecule has 1 heterocycles. The van der Waals surface area contributed by atoms with Crippen LogP contribution in [0.25, 0.3) is 5.69 Å². The van der Waals surface area contributed by atoms with Gasteiger partial charge in [-0.3, -0.25) is 0 Å². The summed E-state index contributed by atoms with van der Waals surface area (Å²) in [4.78, 5) is 0. The Morgan fingerprint density at radius 3 is 2.20 bits per heavy atom. The van der Waals surface area contributed by atoms with Gasteiger partial charge in [0.25, 0.3) is 0 Å². The molecule has 0 N–H and O–H groups in total. The number of benzene rings is 1. The fourth-order valence-corrected chi connectivity index (χ4v) is 2.04. The summed E-state index contributed by atoms with van der Waals surface area (Å²) in [5, 5.41) is 0. The minimum Gasteiger partial charge on any atom is -0.316 e. The van der Waals surface area contributed by atoms with Crippen molar-refractivity contribution in [2.24, 2.45) is 0 Å². The first-order chi connectivity index (χ1) is 7.09. The summed E-state index contributed by atoms with van der Waals surface area (Å²) in [6.07, 6.45) is 0. The summed E-state index contributed by atoms with van der Waals surface area (Å²) in [5.74, 6) is -0.216. The predicted octanol–water partition coefficient (Wildman–Crippen LogP) is 4.00. The molecule has 0 unspecified atom stereocenters. The number of halogens is 2. The van der Waals surface area contributed by atoms with Crippen LogP contribution in [0, 0.1) is 19.7 Å². The molecule has 0 aliphatic heterocycles. The number of hydrogen-bond donors (Lipinski definition) is 0. The zero-order valence-electron chi connectivity index (χ0n) is 8.59. The lowest BCUT2D eigenvalue weighted by molar-refractivity contribution is 0.615. The summed E-state index contributed by atoms with van der Waals surface area (Å²) in [7, 11) is 0. The Labute approximate surface area is 96.7 Å². The van der Waals surface area contributed by atoms with E-state index in [4.69, 9.17) is 0 Å². The van der Waals surface area contributed by atoms with E-state index in [-0.39, 0.29) is 5.82 Å². The largest absolute Gasteiger partial charge is 0.316 e. The molecule has 1 aromatic carbocycles. The average molecular weight is 268 g/mol. The van der Waals surface area contributed by atoms with Gasteiger partial charge < -0.3 is 4.57 Å². The molecule has 2 rings (SSSR count). The first-order valence-corrected chi connectivity index (χ1v) is 5.49. The maximum absolute atomic E-state index is 13.7. The Morgan fingerprint density at radius 2 is 1.67 bits per heavy atom. The molecule has 0 atom stereocenters. The molecule has 15 heavy (non-hydrogen) atoms. The van der Waals surface area contributed by atoms with Crippen molar-refractivity contribution in [1.29, 1.82) is 0 Å². The summed E-state index contributed by atoms with van der Waals surface area (Å²) >= 11 is 3.25. The van der Waals surface area contributed by atoms with Crippen LogP contribution in [0.1, 0.15) is 11.4 Å².